The van der Waals surface area contributed by atoms with Crippen LogP contribution in [0.2, 0.25) is 0 Å². The largest absolute Gasteiger partial charge is 0.0710 e. The first kappa shape index (κ1) is 14.7. The maximum atomic E-state index is 2.41. The third-order valence-electron chi connectivity index (χ3n) is 3.27. The summed E-state index contributed by atoms with van der Waals surface area (Å²) in [5.74, 6) is 0. The molecule has 1 aliphatic rings. The molecule has 1 aliphatic carbocycles. The van der Waals surface area contributed by atoms with Gasteiger partial charge in [0.15, 0.2) is 0 Å². The fourth-order valence-electron chi connectivity index (χ4n) is 2.44. The van der Waals surface area contributed by atoms with Crippen molar-refractivity contribution in [3.05, 3.63) is 11.1 Å². The maximum absolute atomic E-state index is 2.41. The molecule has 0 aromatic heterocycles. The van der Waals surface area contributed by atoms with Crippen molar-refractivity contribution in [2.24, 2.45) is 5.41 Å². The van der Waals surface area contributed by atoms with Crippen LogP contribution in [0, 0.1) is 5.41 Å². The first-order valence-electron chi connectivity index (χ1n) is 6.79. The normalized spacial score (nSPS) is 19.6. The van der Waals surface area contributed by atoms with E-state index in [1.165, 1.54) is 38.5 Å². The van der Waals surface area contributed by atoms with E-state index in [2.05, 4.69) is 27.7 Å². The summed E-state index contributed by atoms with van der Waals surface area (Å²) in [6, 6.07) is 0. The predicted molar refractivity (Wildman–Crippen MR) is 71.2 cm³/mol. The average Bonchev–Trinajstić information content (AvgIpc) is 2.23. The van der Waals surface area contributed by atoms with Crippen LogP contribution in [0.1, 0.15) is 80.1 Å². The zero-order valence-corrected chi connectivity index (χ0v) is 11.7. The molecule has 0 bridgehead atoms. The van der Waals surface area contributed by atoms with E-state index in [4.69, 9.17) is 0 Å². The number of hydrogen-bond acceptors (Lipinski definition) is 0. The Bertz CT molecular complexity index is 196. The molecule has 0 aliphatic heterocycles. The zero-order chi connectivity index (χ0) is 11.9. The van der Waals surface area contributed by atoms with Crippen LogP contribution >= 0.6 is 0 Å². The molecule has 0 atom stereocenters. The van der Waals surface area contributed by atoms with E-state index < -0.39 is 0 Å². The topological polar surface area (TPSA) is 0 Å². The van der Waals surface area contributed by atoms with E-state index in [0.29, 0.717) is 5.41 Å². The monoisotopic (exact) mass is 210 g/mol. The Hall–Kier alpha value is -0.260. The van der Waals surface area contributed by atoms with Gasteiger partial charge in [-0.1, -0.05) is 59.1 Å². The molecule has 0 unspecified atom stereocenters. The smallest absolute Gasteiger partial charge is 0.0266 e. The number of rotatable bonds is 3. The van der Waals surface area contributed by atoms with Gasteiger partial charge in [-0.2, -0.15) is 0 Å². The van der Waals surface area contributed by atoms with Crippen molar-refractivity contribution in [1.82, 2.24) is 0 Å². The fraction of sp³-hybridized carbons (Fsp3) is 0.867. The van der Waals surface area contributed by atoms with E-state index >= 15 is 0 Å². The predicted octanol–water partition coefficient (Wildman–Crippen LogP) is 5.73. The molecular weight excluding hydrogens is 180 g/mol. The van der Waals surface area contributed by atoms with E-state index in [1.54, 1.807) is 11.1 Å². The van der Waals surface area contributed by atoms with Crippen LogP contribution in [-0.2, 0) is 0 Å². The van der Waals surface area contributed by atoms with Crippen molar-refractivity contribution >= 4 is 0 Å². The summed E-state index contributed by atoms with van der Waals surface area (Å²) in [4.78, 5) is 0. The minimum absolute atomic E-state index is 0.572. The summed E-state index contributed by atoms with van der Waals surface area (Å²) >= 11 is 0. The minimum Gasteiger partial charge on any atom is -0.0710 e. The van der Waals surface area contributed by atoms with Gasteiger partial charge in [0.25, 0.3) is 0 Å². The molecule has 1 rings (SSSR count). The van der Waals surface area contributed by atoms with E-state index in [0.717, 1.165) is 0 Å². The Labute approximate surface area is 97.2 Å². The minimum atomic E-state index is 0.572. The van der Waals surface area contributed by atoms with Gasteiger partial charge in [0.05, 0.1) is 0 Å². The molecule has 0 aromatic carbocycles. The van der Waals surface area contributed by atoms with Gasteiger partial charge >= 0.3 is 0 Å². The van der Waals surface area contributed by atoms with E-state index in [9.17, 15) is 0 Å². The van der Waals surface area contributed by atoms with Crippen LogP contribution in [0.3, 0.4) is 0 Å². The third kappa shape index (κ3) is 4.86. The summed E-state index contributed by atoms with van der Waals surface area (Å²) < 4.78 is 0. The molecule has 0 fully saturated rings. The van der Waals surface area contributed by atoms with Gasteiger partial charge in [0, 0.05) is 0 Å². The van der Waals surface area contributed by atoms with Gasteiger partial charge in [-0.25, -0.2) is 0 Å². The Morgan fingerprint density at radius 2 is 1.67 bits per heavy atom. The Kier molecular flexibility index (Phi) is 6.96. The Morgan fingerprint density at radius 1 is 1.07 bits per heavy atom. The summed E-state index contributed by atoms with van der Waals surface area (Å²) in [5, 5.41) is 0. The first-order chi connectivity index (χ1) is 7.09. The molecule has 0 heterocycles. The molecule has 0 nitrogen and oxygen atoms in total. The molecular formula is C15H30. The fourth-order valence-corrected chi connectivity index (χ4v) is 2.44. The van der Waals surface area contributed by atoms with Crippen LogP contribution in [-0.4, -0.2) is 0 Å². The lowest BCUT2D eigenvalue weighted by Gasteiger charge is -2.33. The number of hydrogen-bond donors (Lipinski definition) is 0. The van der Waals surface area contributed by atoms with Gasteiger partial charge < -0.3 is 0 Å². The summed E-state index contributed by atoms with van der Waals surface area (Å²) in [5.41, 5.74) is 4.12. The van der Waals surface area contributed by atoms with E-state index in [1.807, 2.05) is 13.8 Å². The highest BCUT2D eigenvalue weighted by Crippen LogP contribution is 2.40. The van der Waals surface area contributed by atoms with Crippen molar-refractivity contribution in [2.45, 2.75) is 80.1 Å². The van der Waals surface area contributed by atoms with Crippen LogP contribution < -0.4 is 0 Å². The van der Waals surface area contributed by atoms with Gasteiger partial charge in [-0.3, -0.25) is 0 Å². The molecule has 0 saturated carbocycles. The Morgan fingerprint density at radius 3 is 2.13 bits per heavy atom. The SMILES string of the molecule is CC.CCCC1=C(CC)CC(C)(C)CC1. The van der Waals surface area contributed by atoms with Crippen molar-refractivity contribution < 1.29 is 0 Å². The van der Waals surface area contributed by atoms with Crippen LogP contribution in [0.5, 0.6) is 0 Å². The molecule has 0 heteroatoms. The van der Waals surface area contributed by atoms with Crippen LogP contribution in [0.4, 0.5) is 0 Å². The quantitative estimate of drug-likeness (QED) is 0.522. The lowest BCUT2D eigenvalue weighted by Crippen LogP contribution is -2.18. The second-order valence-corrected chi connectivity index (χ2v) is 5.15. The highest BCUT2D eigenvalue weighted by molar-refractivity contribution is 5.19. The molecule has 0 amide bonds. The Balaban J connectivity index is 0.000000921. The summed E-state index contributed by atoms with van der Waals surface area (Å²) in [6.45, 7) is 13.4. The molecule has 0 spiro atoms. The van der Waals surface area contributed by atoms with Gasteiger partial charge in [-0.15, -0.1) is 0 Å². The second kappa shape index (κ2) is 7.09. The van der Waals surface area contributed by atoms with Crippen molar-refractivity contribution in [2.75, 3.05) is 0 Å². The number of allylic oxidation sites excluding steroid dienone is 2. The highest BCUT2D eigenvalue weighted by Gasteiger charge is 2.25. The molecule has 0 radical (unpaired) electrons. The maximum Gasteiger partial charge on any atom is -0.0266 e. The standard InChI is InChI=1S/C13H24.C2H6/c1-5-7-12-8-9-13(3,4)10-11(12)6-2;1-2/h5-10H2,1-4H3;1-2H3. The first-order valence-corrected chi connectivity index (χ1v) is 6.79. The van der Waals surface area contributed by atoms with Gasteiger partial charge in [-0.05, 0) is 37.5 Å². The average molecular weight is 210 g/mol. The zero-order valence-electron chi connectivity index (χ0n) is 11.7. The van der Waals surface area contributed by atoms with Crippen LogP contribution in [0.15, 0.2) is 11.1 Å². The van der Waals surface area contributed by atoms with Crippen molar-refractivity contribution in [3.63, 3.8) is 0 Å². The molecule has 90 valence electrons. The van der Waals surface area contributed by atoms with Gasteiger partial charge in [0.2, 0.25) is 0 Å². The lowest BCUT2D eigenvalue weighted by atomic mass is 9.73. The summed E-state index contributed by atoms with van der Waals surface area (Å²) in [7, 11) is 0. The highest BCUT2D eigenvalue weighted by atomic mass is 14.3. The molecule has 0 aromatic rings. The molecule has 0 N–H and O–H groups in total. The van der Waals surface area contributed by atoms with E-state index in [-0.39, 0.29) is 0 Å². The molecule has 15 heavy (non-hydrogen) atoms. The second-order valence-electron chi connectivity index (χ2n) is 5.15. The van der Waals surface area contributed by atoms with Gasteiger partial charge in [0.1, 0.15) is 0 Å². The molecule has 0 saturated heterocycles. The lowest BCUT2D eigenvalue weighted by molar-refractivity contribution is 0.307. The van der Waals surface area contributed by atoms with Crippen LogP contribution in [0.25, 0.3) is 0 Å². The van der Waals surface area contributed by atoms with Crippen molar-refractivity contribution in [1.29, 1.82) is 0 Å². The van der Waals surface area contributed by atoms with Crippen molar-refractivity contribution in [3.8, 4) is 0 Å². The third-order valence-corrected chi connectivity index (χ3v) is 3.27. The summed E-state index contributed by atoms with van der Waals surface area (Å²) in [6.07, 6.45) is 8.05.